The second kappa shape index (κ2) is 4.33. The van der Waals surface area contributed by atoms with Crippen molar-refractivity contribution in [3.63, 3.8) is 0 Å². The Morgan fingerprint density at radius 1 is 1.64 bits per heavy atom. The van der Waals surface area contributed by atoms with E-state index >= 15 is 0 Å². The van der Waals surface area contributed by atoms with Crippen molar-refractivity contribution < 1.29 is 4.79 Å². The Bertz CT molecular complexity index is 391. The van der Waals surface area contributed by atoms with Gasteiger partial charge >= 0.3 is 0 Å². The van der Waals surface area contributed by atoms with Crippen LogP contribution in [-0.2, 0) is 0 Å². The minimum absolute atomic E-state index is 0.175. The number of terminal acetylenes is 1. The van der Waals surface area contributed by atoms with Gasteiger partial charge in [0.05, 0.1) is 6.54 Å². The number of aryl methyl sites for hydroxylation is 1. The molecule has 0 saturated carbocycles. The van der Waals surface area contributed by atoms with E-state index in [0.717, 1.165) is 5.56 Å². The molecule has 0 heterocycles. The second-order valence-electron chi connectivity index (χ2n) is 2.96. The number of carbonyl (C=O) groups is 1. The van der Waals surface area contributed by atoms with Gasteiger partial charge in [-0.3, -0.25) is 4.79 Å². The molecular formula is C11H12N2O. The highest BCUT2D eigenvalue weighted by Crippen LogP contribution is 2.12. The lowest BCUT2D eigenvalue weighted by atomic mass is 10.1. The van der Waals surface area contributed by atoms with E-state index in [4.69, 9.17) is 12.2 Å². The van der Waals surface area contributed by atoms with E-state index in [0.29, 0.717) is 11.3 Å². The van der Waals surface area contributed by atoms with Crippen LogP contribution in [0.4, 0.5) is 5.69 Å². The van der Waals surface area contributed by atoms with E-state index < -0.39 is 0 Å². The topological polar surface area (TPSA) is 55.1 Å². The van der Waals surface area contributed by atoms with Crippen molar-refractivity contribution in [3.8, 4) is 12.3 Å². The van der Waals surface area contributed by atoms with Crippen LogP contribution in [-0.4, -0.2) is 12.5 Å². The zero-order valence-electron chi connectivity index (χ0n) is 8.00. The van der Waals surface area contributed by atoms with E-state index in [1.165, 1.54) is 0 Å². The Morgan fingerprint density at radius 2 is 2.36 bits per heavy atom. The zero-order chi connectivity index (χ0) is 10.6. The van der Waals surface area contributed by atoms with Crippen LogP contribution in [0.25, 0.3) is 0 Å². The second-order valence-corrected chi connectivity index (χ2v) is 2.96. The third-order valence-electron chi connectivity index (χ3n) is 1.88. The van der Waals surface area contributed by atoms with Crippen LogP contribution in [0.15, 0.2) is 18.2 Å². The van der Waals surface area contributed by atoms with E-state index in [2.05, 4.69) is 11.2 Å². The summed E-state index contributed by atoms with van der Waals surface area (Å²) in [6.07, 6.45) is 5.02. The van der Waals surface area contributed by atoms with Crippen molar-refractivity contribution in [2.45, 2.75) is 6.92 Å². The average Bonchev–Trinajstić information content (AvgIpc) is 2.18. The van der Waals surface area contributed by atoms with Gasteiger partial charge in [-0.15, -0.1) is 6.42 Å². The Balaban J connectivity index is 2.82. The minimum Gasteiger partial charge on any atom is -0.399 e. The van der Waals surface area contributed by atoms with Gasteiger partial charge in [0.15, 0.2) is 0 Å². The van der Waals surface area contributed by atoms with Crippen molar-refractivity contribution in [2.75, 3.05) is 12.3 Å². The summed E-state index contributed by atoms with van der Waals surface area (Å²) < 4.78 is 0. The molecule has 0 unspecified atom stereocenters. The number of nitrogens with one attached hydrogen (secondary N) is 1. The normalized spacial score (nSPS) is 9.14. The SMILES string of the molecule is C#CCNC(=O)c1ccc(N)c(C)c1. The summed E-state index contributed by atoms with van der Waals surface area (Å²) in [4.78, 5) is 11.4. The van der Waals surface area contributed by atoms with Gasteiger partial charge in [-0.25, -0.2) is 0 Å². The van der Waals surface area contributed by atoms with Crippen LogP contribution < -0.4 is 11.1 Å². The van der Waals surface area contributed by atoms with Crippen molar-refractivity contribution in [1.29, 1.82) is 0 Å². The number of hydrogen-bond acceptors (Lipinski definition) is 2. The summed E-state index contributed by atoms with van der Waals surface area (Å²) in [6.45, 7) is 2.09. The summed E-state index contributed by atoms with van der Waals surface area (Å²) in [7, 11) is 0. The molecule has 3 heteroatoms. The molecule has 3 N–H and O–H groups in total. The molecule has 0 radical (unpaired) electrons. The van der Waals surface area contributed by atoms with Crippen LogP contribution in [0.2, 0.25) is 0 Å². The van der Waals surface area contributed by atoms with Gasteiger partial charge in [0.25, 0.3) is 5.91 Å². The molecule has 14 heavy (non-hydrogen) atoms. The smallest absolute Gasteiger partial charge is 0.252 e. The highest BCUT2D eigenvalue weighted by Gasteiger charge is 2.04. The van der Waals surface area contributed by atoms with Gasteiger partial charge in [0.2, 0.25) is 0 Å². The molecule has 0 fully saturated rings. The molecule has 3 nitrogen and oxygen atoms in total. The molecule has 1 rings (SSSR count). The van der Waals surface area contributed by atoms with E-state index in [1.807, 2.05) is 6.92 Å². The lowest BCUT2D eigenvalue weighted by Crippen LogP contribution is -2.23. The largest absolute Gasteiger partial charge is 0.399 e. The van der Waals surface area contributed by atoms with Crippen LogP contribution in [0.3, 0.4) is 0 Å². The fraction of sp³-hybridized carbons (Fsp3) is 0.182. The fourth-order valence-corrected chi connectivity index (χ4v) is 1.05. The van der Waals surface area contributed by atoms with E-state index in [1.54, 1.807) is 18.2 Å². The predicted octanol–water partition coefficient (Wildman–Crippen LogP) is 0.940. The number of nitrogens with two attached hydrogens (primary N) is 1. The highest BCUT2D eigenvalue weighted by atomic mass is 16.1. The maximum atomic E-state index is 11.4. The predicted molar refractivity (Wildman–Crippen MR) is 56.8 cm³/mol. The lowest BCUT2D eigenvalue weighted by Gasteiger charge is -2.04. The number of carbonyl (C=O) groups excluding carboxylic acids is 1. The van der Waals surface area contributed by atoms with Gasteiger partial charge in [-0.05, 0) is 30.7 Å². The Morgan fingerprint density at radius 3 is 2.93 bits per heavy atom. The average molecular weight is 188 g/mol. The van der Waals surface area contributed by atoms with Gasteiger partial charge in [-0.2, -0.15) is 0 Å². The van der Waals surface area contributed by atoms with Crippen molar-refractivity contribution in [3.05, 3.63) is 29.3 Å². The van der Waals surface area contributed by atoms with Crippen LogP contribution in [0.5, 0.6) is 0 Å². The molecular weight excluding hydrogens is 176 g/mol. The summed E-state index contributed by atoms with van der Waals surface area (Å²) in [5.74, 6) is 2.16. The summed E-state index contributed by atoms with van der Waals surface area (Å²) in [5.41, 5.74) is 7.77. The minimum atomic E-state index is -0.175. The molecule has 0 saturated heterocycles. The maximum absolute atomic E-state index is 11.4. The third-order valence-corrected chi connectivity index (χ3v) is 1.88. The molecule has 0 aliphatic rings. The molecule has 0 atom stereocenters. The maximum Gasteiger partial charge on any atom is 0.252 e. The molecule has 0 aliphatic carbocycles. The number of hydrogen-bond donors (Lipinski definition) is 2. The van der Waals surface area contributed by atoms with Crippen LogP contribution in [0, 0.1) is 19.3 Å². The van der Waals surface area contributed by atoms with Crippen molar-refractivity contribution in [2.24, 2.45) is 0 Å². The van der Waals surface area contributed by atoms with Crippen molar-refractivity contribution >= 4 is 11.6 Å². The standard InChI is InChI=1S/C11H12N2O/c1-3-6-13-11(14)9-4-5-10(12)8(2)7-9/h1,4-5,7H,6,12H2,2H3,(H,13,14). The summed E-state index contributed by atoms with van der Waals surface area (Å²) in [5, 5.41) is 2.58. The van der Waals surface area contributed by atoms with E-state index in [9.17, 15) is 4.79 Å². The Kier molecular flexibility index (Phi) is 3.14. The highest BCUT2D eigenvalue weighted by molar-refractivity contribution is 5.94. The first-order valence-corrected chi connectivity index (χ1v) is 4.23. The molecule has 0 aliphatic heterocycles. The molecule has 1 aromatic rings. The van der Waals surface area contributed by atoms with Crippen molar-refractivity contribution in [1.82, 2.24) is 5.32 Å². The Hall–Kier alpha value is -1.95. The number of rotatable bonds is 2. The summed E-state index contributed by atoms with van der Waals surface area (Å²) in [6, 6.07) is 5.12. The Labute approximate surface area is 83.3 Å². The van der Waals surface area contributed by atoms with Crippen LogP contribution in [0.1, 0.15) is 15.9 Å². The molecule has 0 bridgehead atoms. The first-order chi connectivity index (χ1) is 6.65. The zero-order valence-corrected chi connectivity index (χ0v) is 8.00. The molecule has 72 valence electrons. The number of nitrogen functional groups attached to an aromatic ring is 1. The number of anilines is 1. The first-order valence-electron chi connectivity index (χ1n) is 4.23. The number of benzene rings is 1. The fourth-order valence-electron chi connectivity index (χ4n) is 1.05. The van der Waals surface area contributed by atoms with Gasteiger partial charge in [0.1, 0.15) is 0 Å². The quantitative estimate of drug-likeness (QED) is 0.536. The van der Waals surface area contributed by atoms with Gasteiger partial charge in [0, 0.05) is 11.3 Å². The molecule has 0 spiro atoms. The first kappa shape index (κ1) is 10.1. The molecule has 1 aromatic carbocycles. The van der Waals surface area contributed by atoms with Gasteiger partial charge < -0.3 is 11.1 Å². The molecule has 1 amide bonds. The van der Waals surface area contributed by atoms with Crippen LogP contribution >= 0.6 is 0 Å². The molecule has 0 aromatic heterocycles. The monoisotopic (exact) mass is 188 g/mol. The lowest BCUT2D eigenvalue weighted by molar-refractivity contribution is 0.0958. The third kappa shape index (κ3) is 2.27. The van der Waals surface area contributed by atoms with Gasteiger partial charge in [-0.1, -0.05) is 5.92 Å². The number of amides is 1. The summed E-state index contributed by atoms with van der Waals surface area (Å²) >= 11 is 0. The van der Waals surface area contributed by atoms with E-state index in [-0.39, 0.29) is 12.5 Å².